The monoisotopic (exact) mass is 425 g/mol. The number of hydrogen-bond acceptors (Lipinski definition) is 6. The first-order valence-electron chi connectivity index (χ1n) is 8.58. The molecule has 0 bridgehead atoms. The largest absolute Gasteiger partial charge is 0.478 e. The molecule has 0 radical (unpaired) electrons. The van der Waals surface area contributed by atoms with E-state index in [9.17, 15) is 24.0 Å². The summed E-state index contributed by atoms with van der Waals surface area (Å²) in [7, 11) is 0. The molecule has 0 aliphatic carbocycles. The van der Waals surface area contributed by atoms with E-state index in [1.807, 2.05) is 0 Å². The maximum atomic E-state index is 12.4. The van der Waals surface area contributed by atoms with Crippen LogP contribution in [0.2, 0.25) is 0 Å². The summed E-state index contributed by atoms with van der Waals surface area (Å²) < 4.78 is 0. The highest BCUT2D eigenvalue weighted by atomic mass is 32.2. The molecule has 1 saturated heterocycles. The van der Waals surface area contributed by atoms with Crippen LogP contribution in [0.15, 0.2) is 65.6 Å². The molecule has 1 aliphatic rings. The highest BCUT2D eigenvalue weighted by molar-refractivity contribution is 8.18. The predicted molar refractivity (Wildman–Crippen MR) is 110 cm³/mol. The van der Waals surface area contributed by atoms with Crippen LogP contribution in [0.5, 0.6) is 0 Å². The van der Waals surface area contributed by atoms with E-state index in [2.05, 4.69) is 10.6 Å². The van der Waals surface area contributed by atoms with Gasteiger partial charge in [-0.1, -0.05) is 18.2 Å². The second-order valence-corrected chi connectivity index (χ2v) is 7.05. The normalized spacial score (nSPS) is 14.7. The minimum Gasteiger partial charge on any atom is -0.478 e. The molecular weight excluding hydrogens is 410 g/mol. The Balaban J connectivity index is 1.60. The zero-order valence-corrected chi connectivity index (χ0v) is 16.1. The number of carboxylic acids is 1. The van der Waals surface area contributed by atoms with Crippen molar-refractivity contribution in [1.82, 2.24) is 4.90 Å². The smallest absolute Gasteiger partial charge is 0.335 e. The lowest BCUT2D eigenvalue weighted by molar-refractivity contribution is -0.127. The summed E-state index contributed by atoms with van der Waals surface area (Å²) >= 11 is 0.567. The Morgan fingerprint density at radius 2 is 1.57 bits per heavy atom. The molecule has 2 aromatic carbocycles. The SMILES string of the molecule is O=C(/C=C1\SC(=O)N(CC(=O)Nc2ccc(C(=O)O)cc2)C1=O)Nc1ccccc1. The highest BCUT2D eigenvalue weighted by Crippen LogP contribution is 2.30. The molecule has 1 fully saturated rings. The second-order valence-electron chi connectivity index (χ2n) is 6.05. The molecule has 3 N–H and O–H groups in total. The van der Waals surface area contributed by atoms with Gasteiger partial charge >= 0.3 is 5.97 Å². The molecule has 4 amide bonds. The molecule has 30 heavy (non-hydrogen) atoms. The Bertz CT molecular complexity index is 1050. The average Bonchev–Trinajstić information content (AvgIpc) is 2.96. The number of carbonyl (C=O) groups is 5. The van der Waals surface area contributed by atoms with Gasteiger partial charge in [0.2, 0.25) is 11.8 Å². The number of aromatic carboxylic acids is 1. The summed E-state index contributed by atoms with van der Waals surface area (Å²) in [6.07, 6.45) is 1.01. The minimum atomic E-state index is -1.10. The van der Waals surface area contributed by atoms with E-state index in [1.54, 1.807) is 30.3 Å². The summed E-state index contributed by atoms with van der Waals surface area (Å²) in [5.74, 6) is -3.07. The predicted octanol–water partition coefficient (Wildman–Crippen LogP) is 2.54. The maximum absolute atomic E-state index is 12.4. The van der Waals surface area contributed by atoms with Gasteiger partial charge in [0.25, 0.3) is 11.1 Å². The number of rotatable bonds is 6. The van der Waals surface area contributed by atoms with Gasteiger partial charge in [0.05, 0.1) is 10.5 Å². The summed E-state index contributed by atoms with van der Waals surface area (Å²) in [5.41, 5.74) is 0.902. The van der Waals surface area contributed by atoms with Gasteiger partial charge in [-0.25, -0.2) is 4.79 Å². The minimum absolute atomic E-state index is 0.0536. The summed E-state index contributed by atoms with van der Waals surface area (Å²) in [6.45, 7) is -0.539. The molecule has 0 spiro atoms. The van der Waals surface area contributed by atoms with Crippen molar-refractivity contribution in [3.05, 3.63) is 71.1 Å². The molecule has 0 atom stereocenters. The van der Waals surface area contributed by atoms with Crippen LogP contribution in [0.3, 0.4) is 0 Å². The van der Waals surface area contributed by atoms with Crippen LogP contribution in [-0.4, -0.2) is 45.5 Å². The van der Waals surface area contributed by atoms with E-state index in [0.29, 0.717) is 23.1 Å². The first kappa shape index (κ1) is 20.8. The standard InChI is InChI=1S/C20H15N3O6S/c24-16(21-13-4-2-1-3-5-13)10-15-18(26)23(20(29)30-15)11-17(25)22-14-8-6-12(7-9-14)19(27)28/h1-10H,11H2,(H,21,24)(H,22,25)(H,27,28)/b15-10-. The zero-order chi connectivity index (χ0) is 21.7. The summed E-state index contributed by atoms with van der Waals surface area (Å²) in [6, 6.07) is 14.0. The summed E-state index contributed by atoms with van der Waals surface area (Å²) in [4.78, 5) is 60.2. The van der Waals surface area contributed by atoms with Crippen molar-refractivity contribution in [2.24, 2.45) is 0 Å². The number of para-hydroxylation sites is 1. The first-order valence-corrected chi connectivity index (χ1v) is 9.40. The molecule has 9 nitrogen and oxygen atoms in total. The Morgan fingerprint density at radius 3 is 2.20 bits per heavy atom. The lowest BCUT2D eigenvalue weighted by Crippen LogP contribution is -2.36. The Hall–Kier alpha value is -3.92. The highest BCUT2D eigenvalue weighted by Gasteiger charge is 2.36. The van der Waals surface area contributed by atoms with Crippen LogP contribution in [0.25, 0.3) is 0 Å². The van der Waals surface area contributed by atoms with Crippen LogP contribution in [-0.2, 0) is 14.4 Å². The quantitative estimate of drug-likeness (QED) is 0.606. The number of benzene rings is 2. The van der Waals surface area contributed by atoms with Gasteiger partial charge in [-0.15, -0.1) is 0 Å². The van der Waals surface area contributed by atoms with E-state index in [-0.39, 0.29) is 10.5 Å². The number of nitrogens with zero attached hydrogens (tertiary/aromatic N) is 1. The fraction of sp³-hybridized carbons (Fsp3) is 0.0500. The molecule has 3 rings (SSSR count). The van der Waals surface area contributed by atoms with Gasteiger partial charge in [-0.3, -0.25) is 24.1 Å². The van der Waals surface area contributed by atoms with Gasteiger partial charge in [0.15, 0.2) is 0 Å². The number of anilines is 2. The van der Waals surface area contributed by atoms with Crippen molar-refractivity contribution in [3.63, 3.8) is 0 Å². The van der Waals surface area contributed by atoms with Crippen molar-refractivity contribution in [2.75, 3.05) is 17.2 Å². The molecule has 1 heterocycles. The van der Waals surface area contributed by atoms with Crippen molar-refractivity contribution in [2.45, 2.75) is 0 Å². The van der Waals surface area contributed by atoms with E-state index in [4.69, 9.17) is 5.11 Å². The molecule has 2 aromatic rings. The topological polar surface area (TPSA) is 133 Å². The molecular formula is C20H15N3O6S. The van der Waals surface area contributed by atoms with Crippen LogP contribution in [0.4, 0.5) is 16.2 Å². The number of carbonyl (C=O) groups excluding carboxylic acids is 4. The molecule has 1 aliphatic heterocycles. The van der Waals surface area contributed by atoms with Gasteiger partial charge in [0, 0.05) is 17.5 Å². The van der Waals surface area contributed by atoms with Crippen molar-refractivity contribution < 1.29 is 29.1 Å². The zero-order valence-electron chi connectivity index (χ0n) is 15.3. The van der Waals surface area contributed by atoms with E-state index >= 15 is 0 Å². The average molecular weight is 425 g/mol. The lowest BCUT2D eigenvalue weighted by atomic mass is 10.2. The Labute approximate surface area is 174 Å². The fourth-order valence-electron chi connectivity index (χ4n) is 2.50. The van der Waals surface area contributed by atoms with Crippen molar-refractivity contribution in [3.8, 4) is 0 Å². The number of amides is 4. The molecule has 0 saturated carbocycles. The van der Waals surface area contributed by atoms with Crippen LogP contribution < -0.4 is 10.6 Å². The van der Waals surface area contributed by atoms with E-state index in [1.165, 1.54) is 24.3 Å². The van der Waals surface area contributed by atoms with E-state index < -0.39 is 35.5 Å². The first-order chi connectivity index (χ1) is 14.3. The molecule has 152 valence electrons. The van der Waals surface area contributed by atoms with Gasteiger partial charge in [0.1, 0.15) is 6.54 Å². The number of imide groups is 1. The second kappa shape index (κ2) is 9.05. The van der Waals surface area contributed by atoms with E-state index in [0.717, 1.165) is 11.0 Å². The maximum Gasteiger partial charge on any atom is 0.335 e. The fourth-order valence-corrected chi connectivity index (χ4v) is 3.30. The van der Waals surface area contributed by atoms with Crippen molar-refractivity contribution in [1.29, 1.82) is 0 Å². The number of nitrogens with one attached hydrogen (secondary N) is 2. The summed E-state index contributed by atoms with van der Waals surface area (Å²) in [5, 5.41) is 13.3. The number of hydrogen-bond donors (Lipinski definition) is 3. The lowest BCUT2D eigenvalue weighted by Gasteiger charge is -2.12. The number of carboxylic acid groups (broad SMARTS) is 1. The molecule has 10 heteroatoms. The Kier molecular flexibility index (Phi) is 6.28. The molecule has 0 unspecified atom stereocenters. The third kappa shape index (κ3) is 5.11. The van der Waals surface area contributed by atoms with Crippen molar-refractivity contribution >= 4 is 52.1 Å². The van der Waals surface area contributed by atoms with Crippen LogP contribution in [0.1, 0.15) is 10.4 Å². The van der Waals surface area contributed by atoms with Crippen LogP contribution >= 0.6 is 11.8 Å². The van der Waals surface area contributed by atoms with Gasteiger partial charge < -0.3 is 15.7 Å². The van der Waals surface area contributed by atoms with Gasteiger partial charge in [-0.2, -0.15) is 0 Å². The van der Waals surface area contributed by atoms with Crippen LogP contribution in [0, 0.1) is 0 Å². The number of thioether (sulfide) groups is 1. The third-order valence-electron chi connectivity index (χ3n) is 3.89. The van der Waals surface area contributed by atoms with Gasteiger partial charge in [-0.05, 0) is 48.2 Å². The third-order valence-corrected chi connectivity index (χ3v) is 4.80. The Morgan fingerprint density at radius 1 is 0.933 bits per heavy atom. The molecule has 0 aromatic heterocycles.